The van der Waals surface area contributed by atoms with Crippen molar-refractivity contribution in [2.24, 2.45) is 0 Å². The largest absolute Gasteiger partial charge is 0.417 e. The Morgan fingerprint density at radius 2 is 1.45 bits per heavy atom. The van der Waals surface area contributed by atoms with Crippen molar-refractivity contribution < 1.29 is 34.8 Å². The van der Waals surface area contributed by atoms with Crippen molar-refractivity contribution in [2.75, 3.05) is 0 Å². The Hall–Kier alpha value is -0.960. The van der Waals surface area contributed by atoms with Crippen molar-refractivity contribution in [2.45, 2.75) is 30.6 Å². The average molecular weight is 341 g/mol. The molecule has 20 heavy (non-hydrogen) atoms. The average Bonchev–Trinajstić information content (AvgIpc) is 2.23. The summed E-state index contributed by atoms with van der Waals surface area (Å²) in [6, 6.07) is 0.0854. The van der Waals surface area contributed by atoms with E-state index in [1.54, 1.807) is 0 Å². The molecule has 0 fully saturated rings. The predicted octanol–water partition coefficient (Wildman–Crippen LogP) is 4.21. The number of alkyl halides is 6. The maximum absolute atomic E-state index is 12.7. The number of hydrogen-bond donors (Lipinski definition) is 0. The summed E-state index contributed by atoms with van der Waals surface area (Å²) in [5, 5.41) is 0. The molecule has 0 aromatic heterocycles. The standard InChI is InChI=1S/C10H7ClF6O2S/c1-2-5-3-8(20(11,18)19)7(10(15,16)17)4-6(5)9(12,13)14/h3-4H,2H2,1H3. The van der Waals surface area contributed by atoms with Gasteiger partial charge in [-0.15, -0.1) is 0 Å². The van der Waals surface area contributed by atoms with Crippen LogP contribution in [0.25, 0.3) is 0 Å². The topological polar surface area (TPSA) is 34.1 Å². The summed E-state index contributed by atoms with van der Waals surface area (Å²) < 4.78 is 98.3. The molecule has 0 heterocycles. The highest BCUT2D eigenvalue weighted by atomic mass is 35.7. The molecule has 10 heteroatoms. The summed E-state index contributed by atoms with van der Waals surface area (Å²) in [6.45, 7) is 1.25. The maximum atomic E-state index is 12.7. The molecule has 0 aliphatic carbocycles. The minimum absolute atomic E-state index is 0.228. The predicted molar refractivity (Wildman–Crippen MR) is 58.9 cm³/mol. The fourth-order valence-corrected chi connectivity index (χ4v) is 2.70. The summed E-state index contributed by atoms with van der Waals surface area (Å²) in [5.41, 5.74) is -4.04. The van der Waals surface area contributed by atoms with Gasteiger partial charge in [-0.2, -0.15) is 26.3 Å². The van der Waals surface area contributed by atoms with Crippen molar-refractivity contribution >= 4 is 19.7 Å². The molecular formula is C10H7ClF6O2S. The van der Waals surface area contributed by atoms with Crippen LogP contribution in [0.2, 0.25) is 0 Å². The Bertz CT molecular complexity index is 618. The van der Waals surface area contributed by atoms with Crippen LogP contribution in [0, 0.1) is 0 Å². The first-order valence-electron chi connectivity index (χ1n) is 5.04. The van der Waals surface area contributed by atoms with Gasteiger partial charge in [0.05, 0.1) is 16.0 Å². The molecule has 2 nitrogen and oxygen atoms in total. The first-order valence-corrected chi connectivity index (χ1v) is 7.35. The number of aryl methyl sites for hydroxylation is 1. The lowest BCUT2D eigenvalue weighted by atomic mass is 10.0. The van der Waals surface area contributed by atoms with Gasteiger partial charge in [-0.1, -0.05) is 6.92 Å². The lowest BCUT2D eigenvalue weighted by Gasteiger charge is -2.17. The normalized spacial score (nSPS) is 13.6. The fourth-order valence-electron chi connectivity index (χ4n) is 1.60. The van der Waals surface area contributed by atoms with Gasteiger partial charge in [0.15, 0.2) is 0 Å². The van der Waals surface area contributed by atoms with Crippen LogP contribution in [0.5, 0.6) is 0 Å². The molecular weight excluding hydrogens is 334 g/mol. The summed E-state index contributed by atoms with van der Waals surface area (Å²) in [4.78, 5) is -1.38. The molecule has 0 aliphatic rings. The highest BCUT2D eigenvalue weighted by Gasteiger charge is 2.42. The monoisotopic (exact) mass is 340 g/mol. The summed E-state index contributed by atoms with van der Waals surface area (Å²) in [6.07, 6.45) is -10.6. The van der Waals surface area contributed by atoms with Crippen LogP contribution in [0.15, 0.2) is 17.0 Å². The quantitative estimate of drug-likeness (QED) is 0.597. The van der Waals surface area contributed by atoms with E-state index < -0.39 is 43.0 Å². The molecule has 0 aliphatic heterocycles. The minimum atomic E-state index is -5.27. The molecule has 0 radical (unpaired) electrons. The molecule has 1 rings (SSSR count). The zero-order valence-electron chi connectivity index (χ0n) is 9.73. The Balaban J connectivity index is 3.82. The minimum Gasteiger partial charge on any atom is -0.207 e. The van der Waals surface area contributed by atoms with Crippen LogP contribution in [-0.4, -0.2) is 8.42 Å². The van der Waals surface area contributed by atoms with Gasteiger partial charge in [0.1, 0.15) is 0 Å². The van der Waals surface area contributed by atoms with Crippen LogP contribution >= 0.6 is 10.7 Å². The van der Waals surface area contributed by atoms with Crippen LogP contribution in [0.4, 0.5) is 26.3 Å². The van der Waals surface area contributed by atoms with Crippen LogP contribution in [0.1, 0.15) is 23.6 Å². The van der Waals surface area contributed by atoms with Gasteiger partial charge in [-0.05, 0) is 24.1 Å². The third kappa shape index (κ3) is 3.57. The van der Waals surface area contributed by atoms with Crippen LogP contribution < -0.4 is 0 Å². The molecule has 0 saturated heterocycles. The number of hydrogen-bond acceptors (Lipinski definition) is 2. The van der Waals surface area contributed by atoms with Crippen LogP contribution in [0.3, 0.4) is 0 Å². The molecule has 0 N–H and O–H groups in total. The van der Waals surface area contributed by atoms with Crippen molar-refractivity contribution in [1.29, 1.82) is 0 Å². The van der Waals surface area contributed by atoms with Gasteiger partial charge in [0, 0.05) is 10.7 Å². The SMILES string of the molecule is CCc1cc(S(=O)(=O)Cl)c(C(F)(F)F)cc1C(F)(F)F. The number of benzene rings is 1. The summed E-state index contributed by atoms with van der Waals surface area (Å²) >= 11 is 0. The van der Waals surface area contributed by atoms with Crippen molar-refractivity contribution in [3.05, 3.63) is 28.8 Å². The molecule has 114 valence electrons. The molecule has 0 unspecified atom stereocenters. The highest BCUT2D eigenvalue weighted by molar-refractivity contribution is 8.13. The van der Waals surface area contributed by atoms with Gasteiger partial charge in [-0.25, -0.2) is 8.42 Å². The third-order valence-corrected chi connectivity index (χ3v) is 3.82. The van der Waals surface area contributed by atoms with Gasteiger partial charge in [0.25, 0.3) is 9.05 Å². The van der Waals surface area contributed by atoms with Crippen LogP contribution in [-0.2, 0) is 27.8 Å². The second kappa shape index (κ2) is 5.10. The number of rotatable bonds is 2. The lowest BCUT2D eigenvalue weighted by molar-refractivity contribution is -0.144. The van der Waals surface area contributed by atoms with Gasteiger partial charge >= 0.3 is 12.4 Å². The molecule has 0 saturated carbocycles. The van der Waals surface area contributed by atoms with Crippen molar-refractivity contribution in [1.82, 2.24) is 0 Å². The summed E-state index contributed by atoms with van der Waals surface area (Å²) in [7, 11) is 0.0297. The Morgan fingerprint density at radius 3 is 1.75 bits per heavy atom. The zero-order chi connectivity index (χ0) is 15.9. The first-order chi connectivity index (χ1) is 8.78. The fraction of sp³-hybridized carbons (Fsp3) is 0.400. The molecule has 0 bridgehead atoms. The van der Waals surface area contributed by atoms with E-state index in [2.05, 4.69) is 0 Å². The molecule has 0 atom stereocenters. The number of halogens is 7. The second-order valence-corrected chi connectivity index (χ2v) is 6.33. The highest BCUT2D eigenvalue weighted by Crippen LogP contribution is 2.41. The zero-order valence-corrected chi connectivity index (χ0v) is 11.3. The Morgan fingerprint density at radius 1 is 1.00 bits per heavy atom. The van der Waals surface area contributed by atoms with E-state index in [4.69, 9.17) is 10.7 Å². The first kappa shape index (κ1) is 17.1. The van der Waals surface area contributed by atoms with Crippen molar-refractivity contribution in [3.63, 3.8) is 0 Å². The lowest BCUT2D eigenvalue weighted by Crippen LogP contribution is -2.16. The summed E-state index contributed by atoms with van der Waals surface area (Å²) in [5.74, 6) is 0. The Kier molecular flexibility index (Phi) is 4.36. The van der Waals surface area contributed by atoms with Gasteiger partial charge in [-0.3, -0.25) is 0 Å². The maximum Gasteiger partial charge on any atom is 0.417 e. The Labute approximate surface area is 114 Å². The smallest absolute Gasteiger partial charge is 0.207 e. The van der Waals surface area contributed by atoms with Gasteiger partial charge < -0.3 is 0 Å². The van der Waals surface area contributed by atoms with E-state index in [0.717, 1.165) is 0 Å². The van der Waals surface area contributed by atoms with E-state index in [1.807, 2.05) is 0 Å². The van der Waals surface area contributed by atoms with E-state index in [1.165, 1.54) is 6.92 Å². The second-order valence-electron chi connectivity index (χ2n) is 3.79. The van der Waals surface area contributed by atoms with E-state index in [0.29, 0.717) is 6.07 Å². The third-order valence-electron chi connectivity index (χ3n) is 2.46. The molecule has 0 spiro atoms. The van der Waals surface area contributed by atoms with E-state index >= 15 is 0 Å². The molecule has 1 aromatic rings. The van der Waals surface area contributed by atoms with E-state index in [-0.39, 0.29) is 12.5 Å². The van der Waals surface area contributed by atoms with E-state index in [9.17, 15) is 34.8 Å². The van der Waals surface area contributed by atoms with Crippen molar-refractivity contribution in [3.8, 4) is 0 Å². The molecule has 0 amide bonds. The molecule has 1 aromatic carbocycles. The van der Waals surface area contributed by atoms with Gasteiger partial charge in [0.2, 0.25) is 0 Å².